The molecule has 0 aromatic rings. The van der Waals surface area contributed by atoms with Gasteiger partial charge in [0.25, 0.3) is 0 Å². The number of carboxylic acids is 1. The van der Waals surface area contributed by atoms with Gasteiger partial charge in [-0.25, -0.2) is 9.59 Å². The van der Waals surface area contributed by atoms with Gasteiger partial charge in [0.1, 0.15) is 6.04 Å². The predicted octanol–water partition coefficient (Wildman–Crippen LogP) is 1.52. The number of hydrogen-bond donors (Lipinski definition) is 3. The molecule has 0 saturated heterocycles. The van der Waals surface area contributed by atoms with Gasteiger partial charge >= 0.3 is 12.0 Å². The molecule has 0 aliphatic rings. The smallest absolute Gasteiger partial charge is 0.326 e. The van der Waals surface area contributed by atoms with E-state index in [1.807, 2.05) is 20.9 Å². The number of nitrogens with one attached hydrogen (secondary N) is 2. The second-order valence-electron chi connectivity index (χ2n) is 5.85. The lowest BCUT2D eigenvalue weighted by Crippen LogP contribution is -2.47. The van der Waals surface area contributed by atoms with E-state index in [-0.39, 0.29) is 5.92 Å². The number of carbonyl (C=O) groups excluding carboxylic acids is 1. The van der Waals surface area contributed by atoms with Crippen LogP contribution in [0.25, 0.3) is 0 Å². The van der Waals surface area contributed by atoms with Crippen molar-refractivity contribution in [3.05, 3.63) is 0 Å². The molecule has 1 atom stereocenters. The van der Waals surface area contributed by atoms with Crippen LogP contribution in [0.3, 0.4) is 0 Å². The van der Waals surface area contributed by atoms with E-state index in [2.05, 4.69) is 29.4 Å². The molecule has 0 heterocycles. The molecule has 0 unspecified atom stereocenters. The molecule has 0 radical (unpaired) electrons. The number of rotatable bonds is 9. The van der Waals surface area contributed by atoms with E-state index in [1.165, 1.54) is 0 Å². The van der Waals surface area contributed by atoms with Crippen molar-refractivity contribution in [1.82, 2.24) is 15.5 Å². The van der Waals surface area contributed by atoms with Crippen LogP contribution in [0.15, 0.2) is 0 Å². The highest BCUT2D eigenvalue weighted by Crippen LogP contribution is 2.04. The van der Waals surface area contributed by atoms with Gasteiger partial charge in [-0.2, -0.15) is 0 Å². The highest BCUT2D eigenvalue weighted by molar-refractivity contribution is 5.82. The summed E-state index contributed by atoms with van der Waals surface area (Å²) >= 11 is 0. The first-order chi connectivity index (χ1) is 9.23. The van der Waals surface area contributed by atoms with Crippen molar-refractivity contribution >= 4 is 12.0 Å². The third kappa shape index (κ3) is 8.74. The largest absolute Gasteiger partial charge is 0.480 e. The van der Waals surface area contributed by atoms with Gasteiger partial charge in [0.2, 0.25) is 0 Å². The molecule has 2 amide bonds. The normalized spacial score (nSPS) is 12.8. The number of carbonyl (C=O) groups is 2. The Balaban J connectivity index is 3.94. The lowest BCUT2D eigenvalue weighted by atomic mass is 10.0. The van der Waals surface area contributed by atoms with E-state index in [4.69, 9.17) is 5.11 Å². The van der Waals surface area contributed by atoms with Gasteiger partial charge in [0.15, 0.2) is 0 Å². The van der Waals surface area contributed by atoms with Gasteiger partial charge < -0.3 is 20.6 Å². The van der Waals surface area contributed by atoms with Gasteiger partial charge in [-0.1, -0.05) is 13.8 Å². The van der Waals surface area contributed by atoms with Crippen molar-refractivity contribution in [2.24, 2.45) is 5.92 Å². The lowest BCUT2D eigenvalue weighted by Gasteiger charge is -2.21. The van der Waals surface area contributed by atoms with Crippen molar-refractivity contribution in [1.29, 1.82) is 0 Å². The fourth-order valence-corrected chi connectivity index (χ4v) is 1.69. The van der Waals surface area contributed by atoms with Gasteiger partial charge in [0.05, 0.1) is 0 Å². The summed E-state index contributed by atoms with van der Waals surface area (Å²) in [7, 11) is 2.04. The second-order valence-corrected chi connectivity index (χ2v) is 5.85. The van der Waals surface area contributed by atoms with E-state index < -0.39 is 18.0 Å². The molecule has 0 aromatic heterocycles. The van der Waals surface area contributed by atoms with Crippen LogP contribution in [0.1, 0.15) is 40.5 Å². The Labute approximate surface area is 121 Å². The minimum atomic E-state index is -0.992. The maximum absolute atomic E-state index is 11.6. The molecule has 6 heteroatoms. The zero-order valence-corrected chi connectivity index (χ0v) is 13.3. The highest BCUT2D eigenvalue weighted by Gasteiger charge is 2.20. The first-order valence-corrected chi connectivity index (χ1v) is 7.21. The summed E-state index contributed by atoms with van der Waals surface area (Å²) < 4.78 is 0. The van der Waals surface area contributed by atoms with Crippen molar-refractivity contribution in [2.45, 2.75) is 52.6 Å². The molecule has 20 heavy (non-hydrogen) atoms. The van der Waals surface area contributed by atoms with E-state index in [0.29, 0.717) is 19.0 Å². The number of urea groups is 1. The average Bonchev–Trinajstić information content (AvgIpc) is 2.32. The summed E-state index contributed by atoms with van der Waals surface area (Å²) in [5, 5.41) is 14.2. The van der Waals surface area contributed by atoms with Gasteiger partial charge in [-0.3, -0.25) is 0 Å². The summed E-state index contributed by atoms with van der Waals surface area (Å²) in [4.78, 5) is 24.8. The average molecular weight is 287 g/mol. The molecule has 0 spiro atoms. The van der Waals surface area contributed by atoms with E-state index >= 15 is 0 Å². The maximum Gasteiger partial charge on any atom is 0.326 e. The van der Waals surface area contributed by atoms with Crippen molar-refractivity contribution in [2.75, 3.05) is 20.1 Å². The van der Waals surface area contributed by atoms with Gasteiger partial charge in [-0.05, 0) is 46.2 Å². The molecule has 0 aromatic carbocycles. The summed E-state index contributed by atoms with van der Waals surface area (Å²) in [6.07, 6.45) is 1.27. The topological polar surface area (TPSA) is 81.7 Å². The minimum absolute atomic E-state index is 0.219. The molecule has 0 saturated carbocycles. The molecule has 118 valence electrons. The second kappa shape index (κ2) is 9.58. The van der Waals surface area contributed by atoms with Crippen LogP contribution in [0.2, 0.25) is 0 Å². The van der Waals surface area contributed by atoms with Crippen molar-refractivity contribution in [3.8, 4) is 0 Å². The molecule has 0 fully saturated rings. The molecule has 6 nitrogen and oxygen atoms in total. The monoisotopic (exact) mass is 287 g/mol. The van der Waals surface area contributed by atoms with Crippen molar-refractivity contribution < 1.29 is 14.7 Å². The van der Waals surface area contributed by atoms with Crippen LogP contribution >= 0.6 is 0 Å². The number of aliphatic carboxylic acids is 1. The molecular formula is C14H29N3O3. The first kappa shape index (κ1) is 18.7. The predicted molar refractivity (Wildman–Crippen MR) is 79.8 cm³/mol. The fraction of sp³-hybridized carbons (Fsp3) is 0.857. The van der Waals surface area contributed by atoms with Gasteiger partial charge in [0, 0.05) is 12.6 Å². The Morgan fingerprint density at radius 1 is 1.20 bits per heavy atom. The fourth-order valence-electron chi connectivity index (χ4n) is 1.69. The first-order valence-electron chi connectivity index (χ1n) is 7.21. The van der Waals surface area contributed by atoms with Crippen LogP contribution in [0, 0.1) is 5.92 Å². The Hall–Kier alpha value is -1.30. The number of hydrogen-bond acceptors (Lipinski definition) is 3. The van der Waals surface area contributed by atoms with E-state index in [1.54, 1.807) is 0 Å². The highest BCUT2D eigenvalue weighted by atomic mass is 16.4. The summed E-state index contributed by atoms with van der Waals surface area (Å²) in [5.74, 6) is -0.774. The van der Waals surface area contributed by atoms with E-state index in [0.717, 1.165) is 13.0 Å². The summed E-state index contributed by atoms with van der Waals surface area (Å²) in [5.41, 5.74) is 0. The lowest BCUT2D eigenvalue weighted by molar-refractivity contribution is -0.139. The molecule has 0 aliphatic heterocycles. The van der Waals surface area contributed by atoms with Crippen LogP contribution in [0.5, 0.6) is 0 Å². The Morgan fingerprint density at radius 3 is 2.25 bits per heavy atom. The number of amides is 2. The minimum Gasteiger partial charge on any atom is -0.480 e. The molecule has 0 rings (SSSR count). The molecule has 3 N–H and O–H groups in total. The summed E-state index contributed by atoms with van der Waals surface area (Å²) in [6.45, 7) is 9.52. The number of carboxylic acid groups (broad SMARTS) is 1. The van der Waals surface area contributed by atoms with Crippen LogP contribution in [-0.4, -0.2) is 54.2 Å². The van der Waals surface area contributed by atoms with E-state index in [9.17, 15) is 9.59 Å². The molecular weight excluding hydrogens is 258 g/mol. The third-order valence-corrected chi connectivity index (χ3v) is 3.17. The zero-order chi connectivity index (χ0) is 15.7. The van der Waals surface area contributed by atoms with Gasteiger partial charge in [-0.15, -0.1) is 0 Å². The zero-order valence-electron chi connectivity index (χ0n) is 13.3. The Bertz CT molecular complexity index is 306. The third-order valence-electron chi connectivity index (χ3n) is 3.17. The molecule has 0 aliphatic carbocycles. The SMILES string of the molecule is CC(C)C[C@@H](NC(=O)NCCCN(C)C(C)C)C(=O)O. The van der Waals surface area contributed by atoms with Crippen LogP contribution in [-0.2, 0) is 4.79 Å². The Kier molecular flexibility index (Phi) is 8.96. The van der Waals surface area contributed by atoms with Crippen LogP contribution in [0.4, 0.5) is 4.79 Å². The number of nitrogens with zero attached hydrogens (tertiary/aromatic N) is 1. The summed E-state index contributed by atoms with van der Waals surface area (Å²) in [6, 6.07) is -0.759. The standard InChI is InChI=1S/C14H29N3O3/c1-10(2)9-12(13(18)19)16-14(20)15-7-6-8-17(5)11(3)4/h10-12H,6-9H2,1-5H3,(H,18,19)(H2,15,16,20)/t12-/m1/s1. The van der Waals surface area contributed by atoms with Crippen molar-refractivity contribution in [3.63, 3.8) is 0 Å². The van der Waals surface area contributed by atoms with Crippen LogP contribution < -0.4 is 10.6 Å². The maximum atomic E-state index is 11.6. The quantitative estimate of drug-likeness (QED) is 0.562. The Morgan fingerprint density at radius 2 is 1.80 bits per heavy atom. The molecule has 0 bridgehead atoms.